The summed E-state index contributed by atoms with van der Waals surface area (Å²) in [6, 6.07) is 29.1. The van der Waals surface area contributed by atoms with E-state index in [4.69, 9.17) is 11.6 Å². The number of hydrogen-bond donors (Lipinski definition) is 1. The lowest BCUT2D eigenvalue weighted by Gasteiger charge is -2.35. The van der Waals surface area contributed by atoms with E-state index in [0.29, 0.717) is 16.3 Å². The molecule has 1 N–H and O–H groups in total. The number of halogens is 1. The lowest BCUT2D eigenvalue weighted by molar-refractivity contribution is -0.140. The number of amides is 2. The zero-order valence-electron chi connectivity index (χ0n) is 26.3. The maximum atomic E-state index is 14.6. The van der Waals surface area contributed by atoms with Crippen LogP contribution in [-0.4, -0.2) is 43.3 Å². The van der Waals surface area contributed by atoms with Crippen molar-refractivity contribution >= 4 is 39.1 Å². The predicted molar refractivity (Wildman–Crippen MR) is 181 cm³/mol. The second-order valence-corrected chi connectivity index (χ2v) is 14.5. The Kier molecular flexibility index (Phi) is 10.7. The third-order valence-electron chi connectivity index (χ3n) is 7.27. The van der Waals surface area contributed by atoms with Gasteiger partial charge in [-0.3, -0.25) is 13.9 Å². The maximum absolute atomic E-state index is 14.6. The highest BCUT2D eigenvalue weighted by Gasteiger charge is 2.36. The highest BCUT2D eigenvalue weighted by molar-refractivity contribution is 7.92. The molecule has 0 saturated carbocycles. The average molecular weight is 646 g/mol. The molecule has 4 rings (SSSR count). The quantitative estimate of drug-likeness (QED) is 0.197. The van der Waals surface area contributed by atoms with Gasteiger partial charge in [-0.25, -0.2) is 8.42 Å². The van der Waals surface area contributed by atoms with Gasteiger partial charge in [-0.15, -0.1) is 0 Å². The summed E-state index contributed by atoms with van der Waals surface area (Å²) in [6.45, 7) is 8.94. The molecule has 0 fully saturated rings. The van der Waals surface area contributed by atoms with Crippen molar-refractivity contribution in [2.45, 2.75) is 64.1 Å². The highest BCUT2D eigenvalue weighted by Crippen LogP contribution is 2.28. The molecule has 1 atom stereocenters. The molecule has 0 radical (unpaired) electrons. The second kappa shape index (κ2) is 14.3. The van der Waals surface area contributed by atoms with Crippen molar-refractivity contribution in [1.82, 2.24) is 10.2 Å². The van der Waals surface area contributed by atoms with Gasteiger partial charge in [0, 0.05) is 23.5 Å². The first kappa shape index (κ1) is 33.7. The van der Waals surface area contributed by atoms with E-state index >= 15 is 0 Å². The number of hydrogen-bond acceptors (Lipinski definition) is 4. The van der Waals surface area contributed by atoms with Crippen molar-refractivity contribution in [3.05, 3.63) is 130 Å². The molecule has 0 aliphatic rings. The van der Waals surface area contributed by atoms with Gasteiger partial charge in [-0.05, 0) is 81.6 Å². The zero-order chi connectivity index (χ0) is 32.8. The van der Waals surface area contributed by atoms with E-state index in [9.17, 15) is 18.0 Å². The van der Waals surface area contributed by atoms with Crippen LogP contribution in [0.3, 0.4) is 0 Å². The topological polar surface area (TPSA) is 86.8 Å². The number of anilines is 1. The molecule has 7 nitrogen and oxygen atoms in total. The van der Waals surface area contributed by atoms with Crippen LogP contribution in [0, 0.1) is 13.8 Å². The number of sulfonamides is 1. The van der Waals surface area contributed by atoms with Crippen LogP contribution in [0.1, 0.15) is 43.0 Å². The Balaban J connectivity index is 1.83. The fourth-order valence-corrected chi connectivity index (χ4v) is 6.74. The molecule has 2 amide bonds. The molecule has 0 aliphatic carbocycles. The van der Waals surface area contributed by atoms with E-state index in [-0.39, 0.29) is 23.8 Å². The minimum Gasteiger partial charge on any atom is -0.350 e. The summed E-state index contributed by atoms with van der Waals surface area (Å²) in [4.78, 5) is 30.1. The normalized spacial score (nSPS) is 12.3. The minimum absolute atomic E-state index is 0.0633. The van der Waals surface area contributed by atoms with Crippen molar-refractivity contribution in [1.29, 1.82) is 0 Å². The predicted octanol–water partition coefficient (Wildman–Crippen LogP) is 6.71. The third kappa shape index (κ3) is 8.96. The Labute approximate surface area is 271 Å². The van der Waals surface area contributed by atoms with Crippen LogP contribution in [0.4, 0.5) is 5.69 Å². The SMILES string of the molecule is Cc1ccc(N(CC(=O)N(Cc2ccc(Cl)cc2)C(Cc2ccccc2)C(=O)NC(C)(C)C)S(=O)(=O)c2ccccc2)c(C)c1. The van der Waals surface area contributed by atoms with Crippen LogP contribution in [-0.2, 0) is 32.6 Å². The van der Waals surface area contributed by atoms with Crippen LogP contribution < -0.4 is 9.62 Å². The lowest BCUT2D eigenvalue weighted by atomic mass is 10.0. The Morgan fingerprint density at radius 1 is 0.822 bits per heavy atom. The fourth-order valence-electron chi connectivity index (χ4n) is 5.11. The molecule has 0 aromatic heterocycles. The molecule has 1 unspecified atom stereocenters. The molecule has 45 heavy (non-hydrogen) atoms. The number of aryl methyl sites for hydroxylation is 2. The van der Waals surface area contributed by atoms with Crippen molar-refractivity contribution in [3.8, 4) is 0 Å². The third-order valence-corrected chi connectivity index (χ3v) is 9.29. The van der Waals surface area contributed by atoms with Crippen molar-refractivity contribution in [2.24, 2.45) is 0 Å². The second-order valence-electron chi connectivity index (χ2n) is 12.2. The minimum atomic E-state index is -4.16. The van der Waals surface area contributed by atoms with E-state index in [1.807, 2.05) is 77.1 Å². The molecule has 0 bridgehead atoms. The summed E-state index contributed by atoms with van der Waals surface area (Å²) >= 11 is 6.16. The van der Waals surface area contributed by atoms with E-state index < -0.39 is 34.1 Å². The molecule has 0 spiro atoms. The van der Waals surface area contributed by atoms with Crippen LogP contribution in [0.15, 0.2) is 108 Å². The Hall–Kier alpha value is -4.14. The number of nitrogens with zero attached hydrogens (tertiary/aromatic N) is 2. The largest absolute Gasteiger partial charge is 0.350 e. The van der Waals surface area contributed by atoms with Gasteiger partial charge < -0.3 is 10.2 Å². The maximum Gasteiger partial charge on any atom is 0.264 e. The van der Waals surface area contributed by atoms with Gasteiger partial charge in [0.05, 0.1) is 10.6 Å². The number of carbonyl (C=O) groups is 2. The molecule has 0 aliphatic heterocycles. The van der Waals surface area contributed by atoms with Crippen LogP contribution in [0.2, 0.25) is 5.02 Å². The summed E-state index contributed by atoms with van der Waals surface area (Å²) in [7, 11) is -4.16. The number of nitrogens with one attached hydrogen (secondary N) is 1. The van der Waals surface area contributed by atoms with Gasteiger partial charge >= 0.3 is 0 Å². The van der Waals surface area contributed by atoms with Crippen LogP contribution in [0.25, 0.3) is 0 Å². The van der Waals surface area contributed by atoms with E-state index in [1.54, 1.807) is 48.5 Å². The van der Waals surface area contributed by atoms with E-state index in [2.05, 4.69) is 5.32 Å². The van der Waals surface area contributed by atoms with Crippen molar-refractivity contribution < 1.29 is 18.0 Å². The van der Waals surface area contributed by atoms with Crippen molar-refractivity contribution in [3.63, 3.8) is 0 Å². The first-order chi connectivity index (χ1) is 21.2. The van der Waals surface area contributed by atoms with Gasteiger partial charge in [-0.1, -0.05) is 90.0 Å². The fraction of sp³-hybridized carbons (Fsp3) is 0.278. The van der Waals surface area contributed by atoms with Gasteiger partial charge in [0.1, 0.15) is 12.6 Å². The molecule has 4 aromatic carbocycles. The monoisotopic (exact) mass is 645 g/mol. The molecule has 0 saturated heterocycles. The Morgan fingerprint density at radius 3 is 2.00 bits per heavy atom. The first-order valence-corrected chi connectivity index (χ1v) is 16.6. The first-order valence-electron chi connectivity index (χ1n) is 14.8. The standard InChI is InChI=1S/C36H40ClN3O4S/c1-26-16-21-32(27(2)22-26)40(45(43,44)31-14-10-7-11-15-31)25-34(41)39(24-29-17-19-30(37)20-18-29)33(35(42)38-36(3,4)5)23-28-12-8-6-9-13-28/h6-22,33H,23-25H2,1-5H3,(H,38,42). The Bertz CT molecular complexity index is 1720. The highest BCUT2D eigenvalue weighted by atomic mass is 35.5. The smallest absolute Gasteiger partial charge is 0.264 e. The van der Waals surface area contributed by atoms with E-state index in [1.165, 1.54) is 17.0 Å². The average Bonchev–Trinajstić information content (AvgIpc) is 2.99. The van der Waals surface area contributed by atoms with Gasteiger partial charge in [0.25, 0.3) is 10.0 Å². The molecular weight excluding hydrogens is 606 g/mol. The Morgan fingerprint density at radius 2 is 1.42 bits per heavy atom. The summed E-state index contributed by atoms with van der Waals surface area (Å²) < 4.78 is 29.5. The summed E-state index contributed by atoms with van der Waals surface area (Å²) in [5, 5.41) is 3.58. The molecule has 9 heteroatoms. The van der Waals surface area contributed by atoms with Crippen molar-refractivity contribution in [2.75, 3.05) is 10.8 Å². The summed E-state index contributed by atoms with van der Waals surface area (Å²) in [5.74, 6) is -0.855. The van der Waals surface area contributed by atoms with Crippen LogP contribution in [0.5, 0.6) is 0 Å². The van der Waals surface area contributed by atoms with Crippen LogP contribution >= 0.6 is 11.6 Å². The molecule has 4 aromatic rings. The summed E-state index contributed by atoms with van der Waals surface area (Å²) in [5.41, 5.74) is 3.11. The van der Waals surface area contributed by atoms with Gasteiger partial charge in [0.15, 0.2) is 0 Å². The van der Waals surface area contributed by atoms with E-state index in [0.717, 1.165) is 21.0 Å². The molecular formula is C36H40ClN3O4S. The van der Waals surface area contributed by atoms with Gasteiger partial charge in [-0.2, -0.15) is 0 Å². The lowest BCUT2D eigenvalue weighted by Crippen LogP contribution is -2.56. The number of benzene rings is 4. The zero-order valence-corrected chi connectivity index (χ0v) is 27.9. The summed E-state index contributed by atoms with van der Waals surface area (Å²) in [6.07, 6.45) is 0.233. The van der Waals surface area contributed by atoms with Gasteiger partial charge in [0.2, 0.25) is 11.8 Å². The molecule has 236 valence electrons. The number of rotatable bonds is 11. The number of carbonyl (C=O) groups excluding carboxylic acids is 2. The molecule has 0 heterocycles.